The van der Waals surface area contributed by atoms with Gasteiger partial charge in [0.05, 0.1) is 21.3 Å². The molecular formula is C69H93N3O12. The highest BCUT2D eigenvalue weighted by molar-refractivity contribution is 5.70. The number of hydrogen-bond acceptors (Lipinski definition) is 15. The Hall–Kier alpha value is -7.59. The molecule has 0 aliphatic carbocycles. The Kier molecular flexibility index (Phi) is 32.0. The van der Waals surface area contributed by atoms with Crippen molar-refractivity contribution < 1.29 is 57.0 Å². The van der Waals surface area contributed by atoms with Gasteiger partial charge in [-0.1, -0.05) is 112 Å². The summed E-state index contributed by atoms with van der Waals surface area (Å²) in [5.41, 5.74) is 7.17. The highest BCUT2D eigenvalue weighted by Crippen LogP contribution is 2.25. The van der Waals surface area contributed by atoms with Crippen LogP contribution in [0.5, 0.6) is 34.5 Å². The zero-order valence-electron chi connectivity index (χ0n) is 51.9. The summed E-state index contributed by atoms with van der Waals surface area (Å²) < 4.78 is 50.3. The molecule has 0 amide bonds. The van der Waals surface area contributed by atoms with E-state index in [0.29, 0.717) is 58.7 Å². The van der Waals surface area contributed by atoms with Crippen molar-refractivity contribution in [1.82, 2.24) is 14.7 Å². The number of para-hydroxylation sites is 3. The second-order valence-electron chi connectivity index (χ2n) is 21.0. The van der Waals surface area contributed by atoms with Gasteiger partial charge in [0.15, 0.2) is 0 Å². The van der Waals surface area contributed by atoms with E-state index in [1.165, 1.54) is 16.7 Å². The van der Waals surface area contributed by atoms with E-state index < -0.39 is 0 Å². The fraction of sp³-hybridized carbons (Fsp3) is 0.435. The second kappa shape index (κ2) is 39.0. The SMILES string of the molecule is CCC(=O)OC(COc1ccccc1CCc1ccc(OC)cc1)CN(C)C.CCC(=O)O[C@@H](COc1ccccc1CCc1ccc(OC)cc1)CN(C)C.CCC(=O)O[C@H](COc1ccccc1CCc1ccc(OC)cc1)CN(C)C. The lowest BCUT2D eigenvalue weighted by Gasteiger charge is -2.22. The van der Waals surface area contributed by atoms with Crippen LogP contribution in [0.25, 0.3) is 0 Å². The number of esters is 3. The van der Waals surface area contributed by atoms with Gasteiger partial charge in [0, 0.05) is 38.9 Å². The molecule has 0 heterocycles. The molecule has 0 N–H and O–H groups in total. The minimum atomic E-state index is -0.294. The molecule has 0 radical (unpaired) electrons. The van der Waals surface area contributed by atoms with Crippen molar-refractivity contribution in [2.24, 2.45) is 0 Å². The number of hydrogen-bond donors (Lipinski definition) is 0. The van der Waals surface area contributed by atoms with Gasteiger partial charge in [0.1, 0.15) is 72.6 Å². The van der Waals surface area contributed by atoms with Crippen molar-refractivity contribution >= 4 is 17.9 Å². The van der Waals surface area contributed by atoms with Crippen LogP contribution in [0.2, 0.25) is 0 Å². The van der Waals surface area contributed by atoms with Crippen LogP contribution in [0.4, 0.5) is 0 Å². The molecule has 456 valence electrons. The van der Waals surface area contributed by atoms with Crippen molar-refractivity contribution in [1.29, 1.82) is 0 Å². The van der Waals surface area contributed by atoms with Gasteiger partial charge in [-0.2, -0.15) is 0 Å². The molecule has 15 nitrogen and oxygen atoms in total. The smallest absolute Gasteiger partial charge is 0.305 e. The highest BCUT2D eigenvalue weighted by atomic mass is 16.6. The average Bonchev–Trinajstić information content (AvgIpc) is 3.60. The minimum Gasteiger partial charge on any atom is -0.497 e. The molecule has 84 heavy (non-hydrogen) atoms. The Bertz CT molecular complexity index is 2480. The molecule has 6 rings (SSSR count). The highest BCUT2D eigenvalue weighted by Gasteiger charge is 2.20. The van der Waals surface area contributed by atoms with Crippen LogP contribution in [-0.4, -0.2) is 154 Å². The van der Waals surface area contributed by atoms with E-state index in [0.717, 1.165) is 89.7 Å². The van der Waals surface area contributed by atoms with Crippen molar-refractivity contribution in [2.45, 2.75) is 96.9 Å². The lowest BCUT2D eigenvalue weighted by molar-refractivity contribution is -0.151. The molecule has 0 bridgehead atoms. The maximum atomic E-state index is 11.7. The van der Waals surface area contributed by atoms with Crippen LogP contribution in [0.3, 0.4) is 0 Å². The second-order valence-corrected chi connectivity index (χ2v) is 21.0. The molecular weight excluding hydrogens is 1060 g/mol. The molecule has 0 aromatic heterocycles. The molecule has 0 saturated heterocycles. The molecule has 0 aliphatic rings. The number of benzene rings is 6. The van der Waals surface area contributed by atoms with E-state index in [-0.39, 0.29) is 36.2 Å². The van der Waals surface area contributed by atoms with E-state index in [2.05, 4.69) is 54.6 Å². The van der Waals surface area contributed by atoms with Crippen molar-refractivity contribution in [3.8, 4) is 34.5 Å². The summed E-state index contributed by atoms with van der Waals surface area (Å²) in [5.74, 6) is 4.49. The molecule has 0 saturated carbocycles. The van der Waals surface area contributed by atoms with Gasteiger partial charge in [-0.3, -0.25) is 14.4 Å². The summed E-state index contributed by atoms with van der Waals surface area (Å²) in [5, 5.41) is 0. The standard InChI is InChI=1S/3C23H31NO4/c3*1-5-23(25)28-21(16-24(2)3)17-27-22-9-7-6-8-19(22)13-10-18-11-14-20(26-4)15-12-18/h3*6-9,11-12,14-15,21H,5,10,13,16-17H2,1-4H3/t2*21-;/m10./s1. The van der Waals surface area contributed by atoms with Gasteiger partial charge in [-0.25, -0.2) is 0 Å². The maximum absolute atomic E-state index is 11.7. The van der Waals surface area contributed by atoms with E-state index in [1.807, 2.05) is 148 Å². The van der Waals surface area contributed by atoms with Gasteiger partial charge in [0.25, 0.3) is 0 Å². The third kappa shape index (κ3) is 27.2. The molecule has 1 unspecified atom stereocenters. The zero-order valence-corrected chi connectivity index (χ0v) is 51.9. The Balaban J connectivity index is 0.000000270. The minimum absolute atomic E-state index is 0.205. The third-order valence-electron chi connectivity index (χ3n) is 13.2. The number of carbonyl (C=O) groups excluding carboxylic acids is 3. The van der Waals surface area contributed by atoms with Crippen LogP contribution in [0, 0.1) is 0 Å². The third-order valence-corrected chi connectivity index (χ3v) is 13.2. The van der Waals surface area contributed by atoms with Crippen molar-refractivity contribution in [3.05, 3.63) is 179 Å². The number of ether oxygens (including phenoxy) is 9. The normalized spacial score (nSPS) is 11.9. The first-order valence-corrected chi connectivity index (χ1v) is 29.1. The number of aryl methyl sites for hydroxylation is 6. The fourth-order valence-electron chi connectivity index (χ4n) is 8.72. The molecule has 15 heteroatoms. The fourth-order valence-corrected chi connectivity index (χ4v) is 8.72. The first kappa shape index (κ1) is 68.9. The van der Waals surface area contributed by atoms with Crippen LogP contribution in [-0.2, 0) is 67.1 Å². The predicted molar refractivity (Wildman–Crippen MR) is 333 cm³/mol. The van der Waals surface area contributed by atoms with Crippen LogP contribution in [0.15, 0.2) is 146 Å². The van der Waals surface area contributed by atoms with E-state index >= 15 is 0 Å². The summed E-state index contributed by atoms with van der Waals surface area (Å²) in [6.07, 6.45) is 5.56. The Morgan fingerprint density at radius 1 is 0.345 bits per heavy atom. The number of methoxy groups -OCH3 is 3. The monoisotopic (exact) mass is 1160 g/mol. The van der Waals surface area contributed by atoms with E-state index in [1.54, 1.807) is 42.1 Å². The molecule has 6 aromatic carbocycles. The van der Waals surface area contributed by atoms with Gasteiger partial charge >= 0.3 is 17.9 Å². The number of carbonyl (C=O) groups is 3. The van der Waals surface area contributed by atoms with Crippen molar-refractivity contribution in [3.63, 3.8) is 0 Å². The first-order valence-electron chi connectivity index (χ1n) is 29.1. The average molecular weight is 1160 g/mol. The predicted octanol–water partition coefficient (Wildman–Crippen LogP) is 11.2. The number of rotatable bonds is 33. The topological polar surface area (TPSA) is 144 Å². The molecule has 6 aromatic rings. The Labute approximate surface area is 501 Å². The Morgan fingerprint density at radius 2 is 0.583 bits per heavy atom. The summed E-state index contributed by atoms with van der Waals surface area (Å²) in [4.78, 5) is 41.0. The molecule has 0 fully saturated rings. The molecule has 0 aliphatic heterocycles. The number of nitrogens with zero attached hydrogens (tertiary/aromatic N) is 3. The summed E-state index contributed by atoms with van der Waals surface area (Å²) >= 11 is 0. The first-order chi connectivity index (χ1) is 40.5. The molecule has 3 atom stereocenters. The Morgan fingerprint density at radius 3 is 0.798 bits per heavy atom. The van der Waals surface area contributed by atoms with Crippen molar-refractivity contribution in [2.75, 3.05) is 103 Å². The van der Waals surface area contributed by atoms with E-state index in [9.17, 15) is 14.4 Å². The number of likely N-dealkylation sites (N-methyl/N-ethyl adjacent to an activating group) is 3. The lowest BCUT2D eigenvalue weighted by atomic mass is 10.0. The molecule has 0 spiro atoms. The van der Waals surface area contributed by atoms with Gasteiger partial charge < -0.3 is 57.3 Å². The van der Waals surface area contributed by atoms with E-state index in [4.69, 9.17) is 42.6 Å². The van der Waals surface area contributed by atoms with Crippen LogP contribution in [0.1, 0.15) is 73.4 Å². The summed E-state index contributed by atoms with van der Waals surface area (Å²) in [7, 11) is 16.7. The van der Waals surface area contributed by atoms with Crippen LogP contribution < -0.4 is 28.4 Å². The van der Waals surface area contributed by atoms with Gasteiger partial charge in [-0.05, 0) is 169 Å². The van der Waals surface area contributed by atoms with Gasteiger partial charge in [0.2, 0.25) is 0 Å². The lowest BCUT2D eigenvalue weighted by Crippen LogP contribution is -2.35. The van der Waals surface area contributed by atoms with Gasteiger partial charge in [-0.15, -0.1) is 0 Å². The quantitative estimate of drug-likeness (QED) is 0.0284. The summed E-state index contributed by atoms with van der Waals surface area (Å²) in [6.45, 7) is 8.27. The largest absolute Gasteiger partial charge is 0.497 e. The zero-order chi connectivity index (χ0) is 61.1. The maximum Gasteiger partial charge on any atom is 0.305 e. The van der Waals surface area contributed by atoms with Crippen LogP contribution >= 0.6 is 0 Å². The summed E-state index contributed by atoms with van der Waals surface area (Å²) in [6, 6.07) is 48.5.